The zero-order valence-corrected chi connectivity index (χ0v) is 11.9. The van der Waals surface area contributed by atoms with Crippen LogP contribution in [0.25, 0.3) is 0 Å². The van der Waals surface area contributed by atoms with Gasteiger partial charge in [-0.25, -0.2) is 0 Å². The van der Waals surface area contributed by atoms with Crippen LogP contribution in [-0.4, -0.2) is 24.0 Å². The Morgan fingerprint density at radius 3 is 2.78 bits per heavy atom. The molecule has 2 rings (SSSR count). The largest absolute Gasteiger partial charge is 0.329 e. The van der Waals surface area contributed by atoms with Crippen LogP contribution >= 0.6 is 0 Å². The summed E-state index contributed by atoms with van der Waals surface area (Å²) in [5.41, 5.74) is 10.2. The summed E-state index contributed by atoms with van der Waals surface area (Å²) in [6.45, 7) is 8.58. The van der Waals surface area contributed by atoms with E-state index in [9.17, 15) is 0 Å². The van der Waals surface area contributed by atoms with Crippen LogP contribution in [0.2, 0.25) is 0 Å². The van der Waals surface area contributed by atoms with Crippen molar-refractivity contribution in [2.75, 3.05) is 13.1 Å². The molecule has 0 bridgehead atoms. The fourth-order valence-corrected chi connectivity index (χ4v) is 3.35. The average Bonchev–Trinajstić information content (AvgIpc) is 2.81. The lowest BCUT2D eigenvalue weighted by Gasteiger charge is -2.33. The number of benzene rings is 1. The highest BCUT2D eigenvalue weighted by Gasteiger charge is 2.30. The zero-order chi connectivity index (χ0) is 13.1. The van der Waals surface area contributed by atoms with E-state index in [4.69, 9.17) is 5.73 Å². The van der Waals surface area contributed by atoms with Crippen LogP contribution in [0.4, 0.5) is 0 Å². The van der Waals surface area contributed by atoms with Gasteiger partial charge in [0, 0.05) is 18.6 Å². The lowest BCUT2D eigenvalue weighted by Crippen LogP contribution is -2.37. The van der Waals surface area contributed by atoms with Crippen molar-refractivity contribution in [2.45, 2.75) is 52.1 Å². The first-order chi connectivity index (χ1) is 8.67. The minimum atomic E-state index is 0.401. The molecular weight excluding hydrogens is 220 g/mol. The molecule has 0 saturated carbocycles. The van der Waals surface area contributed by atoms with Crippen molar-refractivity contribution in [1.82, 2.24) is 4.90 Å². The van der Waals surface area contributed by atoms with Gasteiger partial charge >= 0.3 is 0 Å². The maximum Gasteiger partial charge on any atom is 0.0476 e. The summed E-state index contributed by atoms with van der Waals surface area (Å²) >= 11 is 0. The van der Waals surface area contributed by atoms with Gasteiger partial charge < -0.3 is 5.73 Å². The van der Waals surface area contributed by atoms with Crippen molar-refractivity contribution in [3.8, 4) is 0 Å². The van der Waals surface area contributed by atoms with E-state index in [0.717, 1.165) is 12.6 Å². The van der Waals surface area contributed by atoms with Crippen molar-refractivity contribution in [3.63, 3.8) is 0 Å². The zero-order valence-electron chi connectivity index (χ0n) is 11.9. The molecule has 1 fully saturated rings. The second-order valence-corrected chi connectivity index (χ2v) is 5.55. The van der Waals surface area contributed by atoms with Crippen LogP contribution in [-0.2, 0) is 0 Å². The SMILES string of the molecule is CCC1CCCN1C(CN)c1ccc(C)cc1C. The number of nitrogens with two attached hydrogens (primary N) is 1. The van der Waals surface area contributed by atoms with E-state index in [-0.39, 0.29) is 0 Å². The van der Waals surface area contributed by atoms with Crippen molar-refractivity contribution >= 4 is 0 Å². The molecule has 18 heavy (non-hydrogen) atoms. The highest BCUT2D eigenvalue weighted by atomic mass is 15.2. The predicted molar refractivity (Wildman–Crippen MR) is 77.7 cm³/mol. The molecular formula is C16H26N2. The van der Waals surface area contributed by atoms with Crippen LogP contribution in [0.3, 0.4) is 0 Å². The Bertz CT molecular complexity index is 400. The quantitative estimate of drug-likeness (QED) is 0.884. The van der Waals surface area contributed by atoms with Crippen LogP contribution in [0.1, 0.15) is 48.9 Å². The average molecular weight is 246 g/mol. The fraction of sp³-hybridized carbons (Fsp3) is 0.625. The molecule has 1 saturated heterocycles. The molecule has 2 unspecified atom stereocenters. The predicted octanol–water partition coefficient (Wildman–Crippen LogP) is 3.18. The molecule has 0 amide bonds. The summed E-state index contributed by atoms with van der Waals surface area (Å²) in [4.78, 5) is 2.62. The maximum absolute atomic E-state index is 6.07. The minimum absolute atomic E-state index is 0.401. The van der Waals surface area contributed by atoms with Crippen LogP contribution in [0.5, 0.6) is 0 Å². The van der Waals surface area contributed by atoms with Gasteiger partial charge in [0.15, 0.2) is 0 Å². The molecule has 2 heteroatoms. The molecule has 1 aliphatic rings. The molecule has 2 atom stereocenters. The molecule has 100 valence electrons. The molecule has 2 N–H and O–H groups in total. The van der Waals surface area contributed by atoms with Crippen molar-refractivity contribution < 1.29 is 0 Å². The van der Waals surface area contributed by atoms with E-state index < -0.39 is 0 Å². The molecule has 1 heterocycles. The number of likely N-dealkylation sites (tertiary alicyclic amines) is 1. The first-order valence-electron chi connectivity index (χ1n) is 7.20. The maximum atomic E-state index is 6.07. The molecule has 1 aromatic carbocycles. The Labute approximate surface area is 111 Å². The topological polar surface area (TPSA) is 29.3 Å². The van der Waals surface area contributed by atoms with Gasteiger partial charge in [0.2, 0.25) is 0 Å². The number of rotatable bonds is 4. The van der Waals surface area contributed by atoms with Crippen molar-refractivity contribution in [2.24, 2.45) is 5.73 Å². The fourth-order valence-electron chi connectivity index (χ4n) is 3.35. The molecule has 1 aliphatic heterocycles. The summed E-state index contributed by atoms with van der Waals surface area (Å²) in [5.74, 6) is 0. The molecule has 0 spiro atoms. The van der Waals surface area contributed by atoms with Crippen molar-refractivity contribution in [3.05, 3.63) is 34.9 Å². The molecule has 0 aliphatic carbocycles. The third kappa shape index (κ3) is 2.60. The third-order valence-corrected chi connectivity index (χ3v) is 4.30. The van der Waals surface area contributed by atoms with Gasteiger partial charge in [-0.15, -0.1) is 0 Å². The van der Waals surface area contributed by atoms with Gasteiger partial charge in [-0.1, -0.05) is 30.7 Å². The van der Waals surface area contributed by atoms with E-state index >= 15 is 0 Å². The Morgan fingerprint density at radius 2 is 2.17 bits per heavy atom. The lowest BCUT2D eigenvalue weighted by molar-refractivity contribution is 0.180. The third-order valence-electron chi connectivity index (χ3n) is 4.30. The van der Waals surface area contributed by atoms with Crippen LogP contribution < -0.4 is 5.73 Å². The molecule has 1 aromatic rings. The van der Waals surface area contributed by atoms with E-state index in [1.54, 1.807) is 0 Å². The van der Waals surface area contributed by atoms with Gasteiger partial charge in [-0.2, -0.15) is 0 Å². The van der Waals surface area contributed by atoms with Crippen molar-refractivity contribution in [1.29, 1.82) is 0 Å². The normalized spacial score (nSPS) is 22.3. The lowest BCUT2D eigenvalue weighted by atomic mass is 9.97. The summed E-state index contributed by atoms with van der Waals surface area (Å²) in [6.07, 6.45) is 3.89. The number of aryl methyl sites for hydroxylation is 2. The van der Waals surface area contributed by atoms with E-state index in [2.05, 4.69) is 43.9 Å². The first kappa shape index (κ1) is 13.6. The molecule has 0 radical (unpaired) electrons. The standard InChI is InChI=1S/C16H26N2/c1-4-14-6-5-9-18(14)16(11-17)15-8-7-12(2)10-13(15)3/h7-8,10,14,16H,4-6,9,11,17H2,1-3H3. The highest BCUT2D eigenvalue weighted by molar-refractivity contribution is 5.33. The summed E-state index contributed by atoms with van der Waals surface area (Å²) in [5, 5.41) is 0. The number of hydrogen-bond donors (Lipinski definition) is 1. The van der Waals surface area contributed by atoms with Gasteiger partial charge in [0.1, 0.15) is 0 Å². The monoisotopic (exact) mass is 246 g/mol. The van der Waals surface area contributed by atoms with Gasteiger partial charge in [0.05, 0.1) is 0 Å². The summed E-state index contributed by atoms with van der Waals surface area (Å²) in [6, 6.07) is 7.88. The van der Waals surface area contributed by atoms with Gasteiger partial charge in [-0.05, 0) is 50.8 Å². The van der Waals surface area contributed by atoms with Crippen LogP contribution in [0.15, 0.2) is 18.2 Å². The number of nitrogens with zero attached hydrogens (tertiary/aromatic N) is 1. The van der Waals surface area contributed by atoms with Crippen LogP contribution in [0, 0.1) is 13.8 Å². The first-order valence-corrected chi connectivity index (χ1v) is 7.20. The Morgan fingerprint density at radius 1 is 1.39 bits per heavy atom. The number of hydrogen-bond acceptors (Lipinski definition) is 2. The highest BCUT2D eigenvalue weighted by Crippen LogP contribution is 2.31. The molecule has 0 aromatic heterocycles. The van der Waals surface area contributed by atoms with E-state index in [1.807, 2.05) is 0 Å². The summed E-state index contributed by atoms with van der Waals surface area (Å²) < 4.78 is 0. The minimum Gasteiger partial charge on any atom is -0.329 e. The van der Waals surface area contributed by atoms with Gasteiger partial charge in [-0.3, -0.25) is 4.90 Å². The second kappa shape index (κ2) is 5.85. The Balaban J connectivity index is 2.27. The smallest absolute Gasteiger partial charge is 0.0476 e. The van der Waals surface area contributed by atoms with E-state index in [1.165, 1.54) is 42.5 Å². The Hall–Kier alpha value is -0.860. The summed E-state index contributed by atoms with van der Waals surface area (Å²) in [7, 11) is 0. The Kier molecular flexibility index (Phi) is 4.41. The van der Waals surface area contributed by atoms with E-state index in [0.29, 0.717) is 6.04 Å². The molecule has 2 nitrogen and oxygen atoms in total. The van der Waals surface area contributed by atoms with Gasteiger partial charge in [0.25, 0.3) is 0 Å². The second-order valence-electron chi connectivity index (χ2n) is 5.55.